The van der Waals surface area contributed by atoms with E-state index in [1.54, 1.807) is 12.1 Å². The minimum atomic E-state index is -3.36. The van der Waals surface area contributed by atoms with Crippen LogP contribution in [0.2, 0.25) is 0 Å². The highest BCUT2D eigenvalue weighted by molar-refractivity contribution is 7.89. The zero-order chi connectivity index (χ0) is 14.2. The maximum absolute atomic E-state index is 12.2. The van der Waals surface area contributed by atoms with Gasteiger partial charge >= 0.3 is 0 Å². The Morgan fingerprint density at radius 3 is 2.70 bits per heavy atom. The van der Waals surface area contributed by atoms with E-state index >= 15 is 0 Å². The first kappa shape index (κ1) is 14.0. The number of rotatable bonds is 7. The third-order valence-electron chi connectivity index (χ3n) is 4.19. The third-order valence-corrected chi connectivity index (χ3v) is 5.61. The molecular weight excluding hydrogens is 272 g/mol. The largest absolute Gasteiger partial charge is 0.310 e. The van der Waals surface area contributed by atoms with Gasteiger partial charge in [-0.05, 0) is 48.8 Å². The second kappa shape index (κ2) is 5.47. The van der Waals surface area contributed by atoms with E-state index in [1.807, 2.05) is 12.1 Å². The molecular formula is C15H22N2O2S. The molecule has 0 aliphatic heterocycles. The van der Waals surface area contributed by atoms with E-state index in [2.05, 4.69) is 17.0 Å². The number of sulfonamides is 1. The fourth-order valence-electron chi connectivity index (χ4n) is 2.36. The molecule has 5 heteroatoms. The van der Waals surface area contributed by atoms with E-state index in [1.165, 1.54) is 12.8 Å². The summed E-state index contributed by atoms with van der Waals surface area (Å²) >= 11 is 0. The molecule has 1 aromatic rings. The van der Waals surface area contributed by atoms with Gasteiger partial charge in [-0.3, -0.25) is 0 Å². The van der Waals surface area contributed by atoms with Gasteiger partial charge < -0.3 is 5.32 Å². The highest BCUT2D eigenvalue weighted by Crippen LogP contribution is 2.37. The molecule has 0 saturated heterocycles. The van der Waals surface area contributed by atoms with E-state index in [0.29, 0.717) is 29.3 Å². The Labute approximate surface area is 121 Å². The van der Waals surface area contributed by atoms with Crippen molar-refractivity contribution >= 4 is 10.0 Å². The van der Waals surface area contributed by atoms with Gasteiger partial charge in [-0.25, -0.2) is 13.1 Å². The van der Waals surface area contributed by atoms with Crippen LogP contribution in [-0.4, -0.2) is 21.0 Å². The lowest BCUT2D eigenvalue weighted by Gasteiger charge is -2.09. The molecule has 2 atom stereocenters. The number of benzene rings is 1. The van der Waals surface area contributed by atoms with Crippen LogP contribution in [0.5, 0.6) is 0 Å². The standard InChI is InChI=1S/C15H22N2O2S/c1-11-7-13(11)10-17-20(18,19)15-4-2-3-12(8-15)9-16-14-5-6-14/h2-4,8,11,13-14,16-17H,5-7,9-10H2,1H3. The van der Waals surface area contributed by atoms with Crippen LogP contribution in [0.25, 0.3) is 0 Å². The Hall–Kier alpha value is -0.910. The minimum absolute atomic E-state index is 0.376. The van der Waals surface area contributed by atoms with Crippen LogP contribution in [0.3, 0.4) is 0 Å². The lowest BCUT2D eigenvalue weighted by molar-refractivity contribution is 0.574. The zero-order valence-electron chi connectivity index (χ0n) is 11.8. The summed E-state index contributed by atoms with van der Waals surface area (Å²) in [5, 5.41) is 3.40. The van der Waals surface area contributed by atoms with E-state index in [-0.39, 0.29) is 0 Å². The normalized spacial score (nSPS) is 25.6. The fraction of sp³-hybridized carbons (Fsp3) is 0.600. The molecule has 0 bridgehead atoms. The van der Waals surface area contributed by atoms with Gasteiger partial charge in [-0.2, -0.15) is 0 Å². The number of nitrogens with one attached hydrogen (secondary N) is 2. The van der Waals surface area contributed by atoms with Crippen molar-refractivity contribution < 1.29 is 8.42 Å². The van der Waals surface area contributed by atoms with Gasteiger partial charge in [0.15, 0.2) is 0 Å². The predicted octanol–water partition coefficient (Wildman–Crippen LogP) is 1.87. The summed E-state index contributed by atoms with van der Waals surface area (Å²) < 4.78 is 27.2. The number of hydrogen-bond acceptors (Lipinski definition) is 3. The summed E-state index contributed by atoms with van der Waals surface area (Å²) in [4.78, 5) is 0.376. The lowest BCUT2D eigenvalue weighted by atomic mass is 10.2. The van der Waals surface area contributed by atoms with E-state index in [4.69, 9.17) is 0 Å². The minimum Gasteiger partial charge on any atom is -0.310 e. The second-order valence-corrected chi connectivity index (χ2v) is 7.89. The molecule has 2 aliphatic carbocycles. The van der Waals surface area contributed by atoms with Crippen molar-refractivity contribution in [3.05, 3.63) is 29.8 Å². The smallest absolute Gasteiger partial charge is 0.240 e. The van der Waals surface area contributed by atoms with Gasteiger partial charge in [0.05, 0.1) is 4.90 Å². The third kappa shape index (κ3) is 3.59. The van der Waals surface area contributed by atoms with E-state index in [9.17, 15) is 8.42 Å². The lowest BCUT2D eigenvalue weighted by Crippen LogP contribution is -2.26. The summed E-state index contributed by atoms with van der Waals surface area (Å²) in [6, 6.07) is 7.85. The molecule has 20 heavy (non-hydrogen) atoms. The number of hydrogen-bond donors (Lipinski definition) is 2. The van der Waals surface area contributed by atoms with Crippen molar-refractivity contribution in [2.24, 2.45) is 11.8 Å². The molecule has 2 saturated carbocycles. The van der Waals surface area contributed by atoms with Crippen LogP contribution >= 0.6 is 0 Å². The average molecular weight is 294 g/mol. The van der Waals surface area contributed by atoms with Crippen molar-refractivity contribution in [3.8, 4) is 0 Å². The molecule has 2 aliphatic rings. The predicted molar refractivity (Wildman–Crippen MR) is 78.8 cm³/mol. The topological polar surface area (TPSA) is 58.2 Å². The maximum Gasteiger partial charge on any atom is 0.240 e. The van der Waals surface area contributed by atoms with Crippen LogP contribution in [-0.2, 0) is 16.6 Å². The summed E-state index contributed by atoms with van der Waals surface area (Å²) in [5.41, 5.74) is 1.03. The second-order valence-electron chi connectivity index (χ2n) is 6.13. The molecule has 0 spiro atoms. The SMILES string of the molecule is CC1CC1CNS(=O)(=O)c1cccc(CNC2CC2)c1. The molecule has 4 nitrogen and oxygen atoms in total. The molecule has 2 unspecified atom stereocenters. The van der Waals surface area contributed by atoms with Crippen molar-refractivity contribution in [3.63, 3.8) is 0 Å². The van der Waals surface area contributed by atoms with Gasteiger partial charge in [0.25, 0.3) is 0 Å². The van der Waals surface area contributed by atoms with Gasteiger partial charge in [-0.1, -0.05) is 19.1 Å². The van der Waals surface area contributed by atoms with Gasteiger partial charge in [0.2, 0.25) is 10.0 Å². The molecule has 0 radical (unpaired) electrons. The Kier molecular flexibility index (Phi) is 3.84. The molecule has 0 aromatic heterocycles. The van der Waals surface area contributed by atoms with Crippen molar-refractivity contribution in [1.82, 2.24) is 10.0 Å². The average Bonchev–Trinajstić information content (AvgIpc) is 3.32. The summed E-state index contributed by atoms with van der Waals surface area (Å²) in [7, 11) is -3.36. The maximum atomic E-state index is 12.2. The van der Waals surface area contributed by atoms with Crippen LogP contribution in [0.1, 0.15) is 31.7 Å². The quantitative estimate of drug-likeness (QED) is 0.807. The van der Waals surface area contributed by atoms with Crippen LogP contribution in [0.15, 0.2) is 29.2 Å². The van der Waals surface area contributed by atoms with Gasteiger partial charge in [-0.15, -0.1) is 0 Å². The zero-order valence-corrected chi connectivity index (χ0v) is 12.6. The summed E-state index contributed by atoms with van der Waals surface area (Å²) in [6.45, 7) is 3.46. The van der Waals surface area contributed by atoms with E-state index < -0.39 is 10.0 Å². The first-order valence-electron chi connectivity index (χ1n) is 7.36. The van der Waals surface area contributed by atoms with Crippen LogP contribution < -0.4 is 10.0 Å². The molecule has 0 amide bonds. The molecule has 3 rings (SSSR count). The highest BCUT2D eigenvalue weighted by atomic mass is 32.2. The van der Waals surface area contributed by atoms with Crippen LogP contribution in [0, 0.1) is 11.8 Å². The monoisotopic (exact) mass is 294 g/mol. The first-order chi connectivity index (χ1) is 9.54. The Balaban J connectivity index is 1.62. The molecule has 110 valence electrons. The van der Waals surface area contributed by atoms with Crippen molar-refractivity contribution in [2.75, 3.05) is 6.54 Å². The highest BCUT2D eigenvalue weighted by Gasteiger charge is 2.33. The Morgan fingerprint density at radius 2 is 2.05 bits per heavy atom. The van der Waals surface area contributed by atoms with Crippen molar-refractivity contribution in [2.45, 2.75) is 43.7 Å². The Bertz CT molecular complexity index is 581. The Morgan fingerprint density at radius 1 is 1.30 bits per heavy atom. The van der Waals surface area contributed by atoms with Gasteiger partial charge in [0.1, 0.15) is 0 Å². The van der Waals surface area contributed by atoms with Gasteiger partial charge in [0, 0.05) is 19.1 Å². The van der Waals surface area contributed by atoms with Crippen LogP contribution in [0.4, 0.5) is 0 Å². The molecule has 2 fully saturated rings. The van der Waals surface area contributed by atoms with E-state index in [0.717, 1.165) is 18.5 Å². The molecule has 2 N–H and O–H groups in total. The molecule has 0 heterocycles. The van der Waals surface area contributed by atoms with Crippen molar-refractivity contribution in [1.29, 1.82) is 0 Å². The summed E-state index contributed by atoms with van der Waals surface area (Å²) in [5.74, 6) is 1.18. The first-order valence-corrected chi connectivity index (χ1v) is 8.85. The molecule has 1 aromatic carbocycles. The fourth-order valence-corrected chi connectivity index (χ4v) is 3.52. The summed E-state index contributed by atoms with van der Waals surface area (Å²) in [6.07, 6.45) is 3.60.